The summed E-state index contributed by atoms with van der Waals surface area (Å²) in [4.78, 5) is 25.7. The van der Waals surface area contributed by atoms with E-state index in [9.17, 15) is 23.6 Å². The van der Waals surface area contributed by atoms with Gasteiger partial charge in [0.1, 0.15) is 29.2 Å². The number of sulfonamides is 1. The molecule has 40 heavy (non-hydrogen) atoms. The Morgan fingerprint density at radius 3 is 2.70 bits per heavy atom. The summed E-state index contributed by atoms with van der Waals surface area (Å²) in [6, 6.07) is 4.58. The highest BCUT2D eigenvalue weighted by Gasteiger charge is 2.30. The number of rotatable bonds is 12. The monoisotopic (exact) mass is 576 g/mol. The number of piperidine rings is 1. The molecule has 0 saturated carbocycles. The second-order valence-electron chi connectivity index (χ2n) is 9.72. The second-order valence-corrected chi connectivity index (χ2v) is 11.7. The van der Waals surface area contributed by atoms with E-state index in [0.29, 0.717) is 85.7 Å². The summed E-state index contributed by atoms with van der Waals surface area (Å²) >= 11 is 0. The molecule has 13 nitrogen and oxygen atoms in total. The molecule has 1 saturated heterocycles. The van der Waals surface area contributed by atoms with Crippen LogP contribution in [0.5, 0.6) is 5.75 Å². The van der Waals surface area contributed by atoms with Crippen molar-refractivity contribution in [3.05, 3.63) is 45.0 Å². The van der Waals surface area contributed by atoms with Crippen molar-refractivity contribution < 1.29 is 28.8 Å². The van der Waals surface area contributed by atoms with Crippen molar-refractivity contribution in [2.45, 2.75) is 50.8 Å². The van der Waals surface area contributed by atoms with Gasteiger partial charge in [-0.3, -0.25) is 4.79 Å². The SMILES string of the molecule is CCCc1c(/C=N/O)n(C)c2c(=O)[nH]c(-c3cc(S(=O)(=O)N4CCC(CCO[NH2+][O-])CC4)ccc3OCC)nc12. The van der Waals surface area contributed by atoms with Gasteiger partial charge in [0.15, 0.2) is 0 Å². The Hall–Kier alpha value is -3.30. The lowest BCUT2D eigenvalue weighted by atomic mass is 9.95. The first-order valence-corrected chi connectivity index (χ1v) is 14.8. The summed E-state index contributed by atoms with van der Waals surface area (Å²) in [6.45, 7) is 5.19. The summed E-state index contributed by atoms with van der Waals surface area (Å²) < 4.78 is 36.1. The Kier molecular flexibility index (Phi) is 9.58. The third kappa shape index (κ3) is 5.90. The standard InChI is InChI=1S/C26H36N6O7S/c1-4-6-19-21(16-27-34)31(3)24-23(19)28-25(29-26(24)33)20-15-18(7-8-22(20)38-5-2)40(36,37)32-12-9-17(10-13-32)11-14-39-30-35/h7-8,15-17,34H,4-6,9-14,30H2,1-3H3,(H,28,29,33)/b27-16+. The van der Waals surface area contributed by atoms with Crippen LogP contribution in [0.15, 0.2) is 33.0 Å². The normalized spacial score (nSPS) is 15.4. The molecule has 3 heterocycles. The van der Waals surface area contributed by atoms with Crippen LogP contribution in [0.3, 0.4) is 0 Å². The van der Waals surface area contributed by atoms with Gasteiger partial charge in [0.25, 0.3) is 5.56 Å². The van der Waals surface area contributed by atoms with E-state index >= 15 is 0 Å². The molecule has 4 N–H and O–H groups in total. The molecule has 1 fully saturated rings. The first-order chi connectivity index (χ1) is 19.3. The van der Waals surface area contributed by atoms with Crippen molar-refractivity contribution in [2.24, 2.45) is 18.1 Å². The summed E-state index contributed by atoms with van der Waals surface area (Å²) in [5, 5.41) is 22.7. The molecule has 2 aromatic heterocycles. The number of benzene rings is 1. The summed E-state index contributed by atoms with van der Waals surface area (Å²) in [7, 11) is -2.13. The van der Waals surface area contributed by atoms with Crippen molar-refractivity contribution in [1.29, 1.82) is 0 Å². The summed E-state index contributed by atoms with van der Waals surface area (Å²) in [5.74, 6) is 0.859. The van der Waals surface area contributed by atoms with Gasteiger partial charge in [-0.1, -0.05) is 18.5 Å². The van der Waals surface area contributed by atoms with E-state index < -0.39 is 15.6 Å². The van der Waals surface area contributed by atoms with Crippen LogP contribution in [0.2, 0.25) is 0 Å². The van der Waals surface area contributed by atoms with Gasteiger partial charge < -0.3 is 24.7 Å². The zero-order valence-electron chi connectivity index (χ0n) is 22.9. The highest BCUT2D eigenvalue weighted by atomic mass is 32.2. The zero-order chi connectivity index (χ0) is 28.9. The molecule has 1 aliphatic rings. The molecular weight excluding hydrogens is 540 g/mol. The molecule has 0 spiro atoms. The third-order valence-corrected chi connectivity index (χ3v) is 9.19. The maximum absolute atomic E-state index is 13.6. The number of aromatic amines is 1. The van der Waals surface area contributed by atoms with Crippen molar-refractivity contribution in [3.63, 3.8) is 0 Å². The van der Waals surface area contributed by atoms with E-state index in [2.05, 4.69) is 10.1 Å². The first kappa shape index (κ1) is 29.7. The predicted molar refractivity (Wildman–Crippen MR) is 149 cm³/mol. The molecule has 0 aliphatic carbocycles. The van der Waals surface area contributed by atoms with Crippen LogP contribution in [0.4, 0.5) is 0 Å². The van der Waals surface area contributed by atoms with E-state index in [-0.39, 0.29) is 16.6 Å². The molecule has 14 heteroatoms. The lowest BCUT2D eigenvalue weighted by Crippen LogP contribution is -2.76. The van der Waals surface area contributed by atoms with Gasteiger partial charge in [-0.2, -0.15) is 4.31 Å². The molecule has 1 aliphatic heterocycles. The highest BCUT2D eigenvalue weighted by molar-refractivity contribution is 7.89. The van der Waals surface area contributed by atoms with Gasteiger partial charge in [-0.05, 0) is 56.7 Å². The minimum absolute atomic E-state index is 0.0754. The maximum atomic E-state index is 13.6. The second kappa shape index (κ2) is 12.9. The number of nitrogens with zero attached hydrogens (tertiary/aromatic N) is 4. The smallest absolute Gasteiger partial charge is 0.275 e. The van der Waals surface area contributed by atoms with Crippen LogP contribution < -0.4 is 15.9 Å². The Morgan fingerprint density at radius 1 is 1.30 bits per heavy atom. The summed E-state index contributed by atoms with van der Waals surface area (Å²) in [6.07, 6.45) is 4.69. The minimum Gasteiger partial charge on any atom is -0.601 e. The number of fused-ring (bicyclic) bond motifs is 1. The van der Waals surface area contributed by atoms with Gasteiger partial charge in [0, 0.05) is 25.7 Å². The van der Waals surface area contributed by atoms with Gasteiger partial charge in [0.05, 0.1) is 29.0 Å². The molecule has 4 rings (SSSR count). The van der Waals surface area contributed by atoms with Crippen molar-refractivity contribution in [1.82, 2.24) is 18.8 Å². The van der Waals surface area contributed by atoms with Gasteiger partial charge in [-0.15, -0.1) is 0 Å². The number of nitrogens with one attached hydrogen (secondary N) is 1. The Morgan fingerprint density at radius 2 is 2.05 bits per heavy atom. The lowest BCUT2D eigenvalue weighted by molar-refractivity contribution is -0.850. The van der Waals surface area contributed by atoms with E-state index in [1.807, 2.05) is 13.8 Å². The zero-order valence-corrected chi connectivity index (χ0v) is 23.7. The molecule has 1 aromatic carbocycles. The molecular formula is C26H36N6O7S. The summed E-state index contributed by atoms with van der Waals surface area (Å²) in [5.41, 5.74) is 2.47. The minimum atomic E-state index is -3.83. The van der Waals surface area contributed by atoms with Crippen LogP contribution in [-0.2, 0) is 28.3 Å². The fourth-order valence-electron chi connectivity index (χ4n) is 5.28. The molecule has 218 valence electrons. The predicted octanol–water partition coefficient (Wildman–Crippen LogP) is 1.87. The number of aromatic nitrogens is 3. The van der Waals surface area contributed by atoms with Crippen LogP contribution in [0, 0.1) is 11.1 Å². The number of ether oxygens (including phenoxy) is 1. The van der Waals surface area contributed by atoms with Crippen LogP contribution in [-0.4, -0.2) is 65.0 Å². The Bertz CT molecular complexity index is 1520. The Labute approximate surface area is 232 Å². The van der Waals surface area contributed by atoms with Crippen LogP contribution >= 0.6 is 0 Å². The van der Waals surface area contributed by atoms with Crippen molar-refractivity contribution in [3.8, 4) is 17.1 Å². The molecule has 0 bridgehead atoms. The number of H-pyrrole nitrogens is 1. The molecule has 0 amide bonds. The number of quaternary nitrogens is 1. The molecule has 0 radical (unpaired) electrons. The van der Waals surface area contributed by atoms with E-state index in [1.165, 1.54) is 22.7 Å². The molecule has 3 aromatic rings. The molecule has 0 atom stereocenters. The van der Waals surface area contributed by atoms with Gasteiger partial charge in [-0.25, -0.2) is 23.9 Å². The average Bonchev–Trinajstić information content (AvgIpc) is 3.20. The van der Waals surface area contributed by atoms with Gasteiger partial charge in [0.2, 0.25) is 10.0 Å². The van der Waals surface area contributed by atoms with E-state index in [4.69, 9.17) is 14.6 Å². The van der Waals surface area contributed by atoms with Crippen LogP contribution in [0.25, 0.3) is 22.4 Å². The van der Waals surface area contributed by atoms with Gasteiger partial charge >= 0.3 is 0 Å². The van der Waals surface area contributed by atoms with Crippen LogP contribution in [0.1, 0.15) is 50.8 Å². The fraction of sp³-hybridized carbons (Fsp3) is 0.500. The number of aryl methyl sites for hydroxylation is 2. The number of hydrogen-bond donors (Lipinski definition) is 3. The third-order valence-electron chi connectivity index (χ3n) is 7.30. The van der Waals surface area contributed by atoms with Crippen molar-refractivity contribution >= 4 is 27.3 Å². The first-order valence-electron chi connectivity index (χ1n) is 13.4. The highest BCUT2D eigenvalue weighted by Crippen LogP contribution is 2.34. The van der Waals surface area contributed by atoms with E-state index in [0.717, 1.165) is 12.0 Å². The topological polar surface area (TPSA) is 179 Å². The quantitative estimate of drug-likeness (QED) is 0.127. The lowest BCUT2D eigenvalue weighted by Gasteiger charge is -2.31. The number of oxime groups is 1. The van der Waals surface area contributed by atoms with E-state index in [1.54, 1.807) is 17.7 Å². The largest absolute Gasteiger partial charge is 0.601 e. The maximum Gasteiger partial charge on any atom is 0.275 e. The van der Waals surface area contributed by atoms with Crippen molar-refractivity contribution in [2.75, 3.05) is 26.3 Å². The Balaban J connectivity index is 1.75. The number of nitrogens with two attached hydrogens (primary N) is 1. The number of hydrogen-bond acceptors (Lipinski definition) is 9. The molecule has 0 unspecified atom stereocenters. The average molecular weight is 577 g/mol. The fourth-order valence-corrected chi connectivity index (χ4v) is 6.78.